The van der Waals surface area contributed by atoms with Crippen LogP contribution in [-0.4, -0.2) is 69.6 Å². The molecule has 0 unspecified atom stereocenters. The number of aliphatic hydroxyl groups is 2. The third-order valence-corrected chi connectivity index (χ3v) is 0.912. The van der Waals surface area contributed by atoms with E-state index in [2.05, 4.69) is 25.3 Å². The van der Waals surface area contributed by atoms with Crippen molar-refractivity contribution in [2.75, 3.05) is 37.2 Å². The summed E-state index contributed by atoms with van der Waals surface area (Å²) < 4.78 is 0. The van der Waals surface area contributed by atoms with Gasteiger partial charge in [0.05, 0.1) is 24.7 Å². The van der Waals surface area contributed by atoms with E-state index in [0.29, 0.717) is 0 Å². The maximum atomic E-state index is 9.29. The van der Waals surface area contributed by atoms with Gasteiger partial charge in [0, 0.05) is 0 Å². The fourth-order valence-electron chi connectivity index (χ4n) is 0. The number of thioether (sulfide) groups is 1. The van der Waals surface area contributed by atoms with Gasteiger partial charge in [-0.25, -0.2) is 0 Å². The average molecular weight is 308 g/mol. The summed E-state index contributed by atoms with van der Waals surface area (Å²) >= 11 is 8.58. The van der Waals surface area contributed by atoms with Crippen LogP contribution in [0.3, 0.4) is 0 Å². The number of thiol groups is 2. The largest absolute Gasteiger partial charge is 0.481 e. The number of hydrogen-bond acceptors (Lipinski definition) is 7. The lowest BCUT2D eigenvalue weighted by Gasteiger charge is -1.71. The number of rotatable bonds is 3. The van der Waals surface area contributed by atoms with Gasteiger partial charge < -0.3 is 20.4 Å². The van der Waals surface area contributed by atoms with Crippen LogP contribution in [0.4, 0.5) is 0 Å². The molecule has 0 aromatic heterocycles. The van der Waals surface area contributed by atoms with Crippen molar-refractivity contribution in [2.24, 2.45) is 0 Å². The first-order valence-electron chi connectivity index (χ1n) is 4.14. The summed E-state index contributed by atoms with van der Waals surface area (Å²) in [4.78, 5) is 18.6. The average Bonchev–Trinajstić information content (AvgIpc) is 2.31. The van der Waals surface area contributed by atoms with Crippen LogP contribution >= 0.6 is 37.0 Å². The third-order valence-electron chi connectivity index (χ3n) is 0.371. The molecule has 0 aromatic rings. The number of carbonyl (C=O) groups is 2. The van der Waals surface area contributed by atoms with Gasteiger partial charge in [-0.05, 0) is 12.5 Å². The van der Waals surface area contributed by atoms with Gasteiger partial charge in [-0.15, -0.1) is 0 Å². The topological polar surface area (TPSA) is 115 Å². The lowest BCUT2D eigenvalue weighted by molar-refractivity contribution is -0.134. The maximum absolute atomic E-state index is 9.29. The standard InChI is InChI=1S/2C2H4O2S.C2H6O2.C2H6S/c2*3-2(4)1-5;3-1-2-4;1-3-2/h2*5H,1H2,(H,3,4);3-4H,1-2H2;1-2H3. The second-order valence-electron chi connectivity index (χ2n) is 1.96. The molecule has 0 bridgehead atoms. The fraction of sp³-hybridized carbons (Fsp3) is 0.750. The Hall–Kier alpha value is -0.0900. The molecule has 0 fully saturated rings. The first-order chi connectivity index (χ1) is 7.87. The van der Waals surface area contributed by atoms with Crippen molar-refractivity contribution in [3.05, 3.63) is 0 Å². The molecular weight excluding hydrogens is 288 g/mol. The Balaban J connectivity index is -0.0000000676. The molecular formula is C8H20O6S3. The lowest BCUT2D eigenvalue weighted by Crippen LogP contribution is -1.92. The monoisotopic (exact) mass is 308 g/mol. The van der Waals surface area contributed by atoms with Crippen LogP contribution in [0.1, 0.15) is 0 Å². The molecule has 0 radical (unpaired) electrons. The van der Waals surface area contributed by atoms with Gasteiger partial charge in [0.25, 0.3) is 0 Å². The van der Waals surface area contributed by atoms with E-state index in [0.717, 1.165) is 0 Å². The molecule has 9 heteroatoms. The Bertz CT molecular complexity index is 140. The van der Waals surface area contributed by atoms with Gasteiger partial charge in [-0.3, -0.25) is 9.59 Å². The highest BCUT2D eigenvalue weighted by Gasteiger charge is 1.82. The van der Waals surface area contributed by atoms with E-state index in [1.165, 1.54) is 0 Å². The molecule has 0 aromatic carbocycles. The highest BCUT2D eigenvalue weighted by molar-refractivity contribution is 7.97. The Kier molecular flexibility index (Phi) is 44.9. The molecule has 0 saturated carbocycles. The summed E-state index contributed by atoms with van der Waals surface area (Å²) in [7, 11) is 0. The summed E-state index contributed by atoms with van der Waals surface area (Å²) in [5.74, 6) is -1.93. The molecule has 0 spiro atoms. The van der Waals surface area contributed by atoms with Crippen molar-refractivity contribution in [1.29, 1.82) is 0 Å². The van der Waals surface area contributed by atoms with Crippen molar-refractivity contribution >= 4 is 49.0 Å². The SMILES string of the molecule is CSC.O=C(O)CS.O=C(O)CS.OCCO. The van der Waals surface area contributed by atoms with Crippen molar-refractivity contribution < 1.29 is 30.0 Å². The lowest BCUT2D eigenvalue weighted by atomic mass is 10.8. The zero-order valence-corrected chi connectivity index (χ0v) is 12.3. The van der Waals surface area contributed by atoms with Crippen LogP contribution in [0.2, 0.25) is 0 Å². The number of aliphatic hydroxyl groups excluding tert-OH is 2. The number of carboxylic acid groups (broad SMARTS) is 2. The zero-order valence-electron chi connectivity index (χ0n) is 9.74. The molecule has 0 amide bonds. The minimum Gasteiger partial charge on any atom is -0.481 e. The molecule has 0 atom stereocenters. The van der Waals surface area contributed by atoms with Gasteiger partial charge in [0.2, 0.25) is 0 Å². The maximum Gasteiger partial charge on any atom is 0.313 e. The quantitative estimate of drug-likeness (QED) is 0.405. The molecule has 106 valence electrons. The summed E-state index contributed by atoms with van der Waals surface area (Å²) in [5.41, 5.74) is 0. The molecule has 0 heterocycles. The van der Waals surface area contributed by atoms with Crippen LogP contribution < -0.4 is 0 Å². The van der Waals surface area contributed by atoms with Crippen molar-refractivity contribution in [3.63, 3.8) is 0 Å². The van der Waals surface area contributed by atoms with Gasteiger partial charge in [0.1, 0.15) is 0 Å². The third kappa shape index (κ3) is 128. The minimum atomic E-state index is -0.881. The van der Waals surface area contributed by atoms with E-state index in [9.17, 15) is 9.59 Å². The second-order valence-corrected chi connectivity index (χ2v) is 3.41. The van der Waals surface area contributed by atoms with E-state index in [4.69, 9.17) is 20.4 Å². The second kappa shape index (κ2) is 29.7. The molecule has 0 aliphatic heterocycles. The Morgan fingerprint density at radius 3 is 1.06 bits per heavy atom. The van der Waals surface area contributed by atoms with Crippen LogP contribution in [0.25, 0.3) is 0 Å². The van der Waals surface area contributed by atoms with Gasteiger partial charge in [0.15, 0.2) is 0 Å². The molecule has 0 aliphatic rings. The normalized spacial score (nSPS) is 7.18. The van der Waals surface area contributed by atoms with E-state index in [1.54, 1.807) is 11.8 Å². The summed E-state index contributed by atoms with van der Waals surface area (Å²) in [5, 5.41) is 30.5. The molecule has 0 saturated heterocycles. The summed E-state index contributed by atoms with van der Waals surface area (Å²) in [6.45, 7) is -0.250. The first kappa shape index (κ1) is 25.7. The zero-order chi connectivity index (χ0) is 14.7. The van der Waals surface area contributed by atoms with Crippen LogP contribution in [0.15, 0.2) is 0 Å². The van der Waals surface area contributed by atoms with Crippen LogP contribution in [0, 0.1) is 0 Å². The van der Waals surface area contributed by atoms with Gasteiger partial charge in [-0.2, -0.15) is 37.0 Å². The van der Waals surface area contributed by atoms with Crippen LogP contribution in [0.5, 0.6) is 0 Å². The predicted molar refractivity (Wildman–Crippen MR) is 76.6 cm³/mol. The minimum absolute atomic E-state index is 0.0833. The molecule has 0 rings (SSSR count). The van der Waals surface area contributed by atoms with Gasteiger partial charge in [-0.1, -0.05) is 0 Å². The Morgan fingerprint density at radius 2 is 1.06 bits per heavy atom. The first-order valence-corrected chi connectivity index (χ1v) is 7.04. The number of carboxylic acids is 2. The number of aliphatic carboxylic acids is 2. The van der Waals surface area contributed by atoms with Crippen molar-refractivity contribution in [3.8, 4) is 0 Å². The molecule has 17 heavy (non-hydrogen) atoms. The van der Waals surface area contributed by atoms with Gasteiger partial charge >= 0.3 is 11.9 Å². The Labute approximate surface area is 116 Å². The summed E-state index contributed by atoms with van der Waals surface area (Å²) in [6.07, 6.45) is 4.08. The molecule has 0 aliphatic carbocycles. The van der Waals surface area contributed by atoms with E-state index in [-0.39, 0.29) is 24.7 Å². The highest BCUT2D eigenvalue weighted by Crippen LogP contribution is 1.70. The van der Waals surface area contributed by atoms with E-state index in [1.807, 2.05) is 12.5 Å². The predicted octanol–water partition coefficient (Wildman–Crippen LogP) is -0.0482. The van der Waals surface area contributed by atoms with E-state index >= 15 is 0 Å². The molecule has 4 N–H and O–H groups in total. The fourth-order valence-corrected chi connectivity index (χ4v) is 0. The van der Waals surface area contributed by atoms with Crippen molar-refractivity contribution in [1.82, 2.24) is 0 Å². The Morgan fingerprint density at radius 1 is 0.941 bits per heavy atom. The highest BCUT2D eigenvalue weighted by atomic mass is 32.2. The van der Waals surface area contributed by atoms with Crippen molar-refractivity contribution in [2.45, 2.75) is 0 Å². The molecule has 6 nitrogen and oxygen atoms in total. The number of hydrogen-bond donors (Lipinski definition) is 6. The summed E-state index contributed by atoms with van der Waals surface area (Å²) in [6, 6.07) is 0. The van der Waals surface area contributed by atoms with Crippen LogP contribution in [-0.2, 0) is 9.59 Å². The van der Waals surface area contributed by atoms with E-state index < -0.39 is 11.9 Å². The smallest absolute Gasteiger partial charge is 0.313 e.